The summed E-state index contributed by atoms with van der Waals surface area (Å²) in [7, 11) is 0. The van der Waals surface area contributed by atoms with Crippen LogP contribution in [-0.4, -0.2) is 42.3 Å². The van der Waals surface area contributed by atoms with Crippen LogP contribution in [0.2, 0.25) is 0 Å². The van der Waals surface area contributed by atoms with Crippen LogP contribution in [0.3, 0.4) is 0 Å². The second-order valence-corrected chi connectivity index (χ2v) is 3.98. The molecule has 4 heteroatoms. The number of carbonyl (C=O) groups is 1. The van der Waals surface area contributed by atoms with Crippen LogP contribution in [0.15, 0.2) is 6.07 Å². The highest BCUT2D eigenvalue weighted by molar-refractivity contribution is 5.74. The molecule has 17 heavy (non-hydrogen) atoms. The van der Waals surface area contributed by atoms with Crippen molar-refractivity contribution in [3.05, 3.63) is 23.0 Å². The Morgan fingerprint density at radius 2 is 1.94 bits per heavy atom. The van der Waals surface area contributed by atoms with Crippen LogP contribution >= 0.6 is 0 Å². The normalized spacial score (nSPS) is 10.0. The van der Waals surface area contributed by atoms with E-state index in [1.165, 1.54) is 0 Å². The number of carbonyl (C=O) groups excluding carboxylic acids is 1. The van der Waals surface area contributed by atoms with Crippen molar-refractivity contribution in [3.8, 4) is 0 Å². The van der Waals surface area contributed by atoms with Gasteiger partial charge >= 0.3 is 0 Å². The maximum absolute atomic E-state index is 10.2. The van der Waals surface area contributed by atoms with Gasteiger partial charge in [0.05, 0.1) is 5.69 Å². The van der Waals surface area contributed by atoms with Gasteiger partial charge in [-0.2, -0.15) is 0 Å². The number of likely N-dealkylation sites (N-methyl/N-ethyl adjacent to an activating group) is 1. The van der Waals surface area contributed by atoms with Gasteiger partial charge in [0.2, 0.25) is 0 Å². The average Bonchev–Trinajstić information content (AvgIpc) is 2.65. The van der Waals surface area contributed by atoms with Gasteiger partial charge in [-0.1, -0.05) is 13.8 Å². The largest absolute Gasteiger partial charge is 0.356 e. The van der Waals surface area contributed by atoms with Crippen molar-refractivity contribution < 1.29 is 4.79 Å². The molecule has 0 spiro atoms. The van der Waals surface area contributed by atoms with Crippen LogP contribution in [-0.2, 0) is 0 Å². The molecule has 0 aliphatic heterocycles. The van der Waals surface area contributed by atoms with Crippen LogP contribution in [0.25, 0.3) is 0 Å². The summed E-state index contributed by atoms with van der Waals surface area (Å²) in [4.78, 5) is 15.4. The fourth-order valence-corrected chi connectivity index (χ4v) is 1.59. The molecule has 0 aromatic carbocycles. The van der Waals surface area contributed by atoms with E-state index in [4.69, 9.17) is 5.73 Å². The lowest BCUT2D eigenvalue weighted by Gasteiger charge is -2.15. The Morgan fingerprint density at radius 3 is 2.12 bits per heavy atom. The molecule has 0 fully saturated rings. The molecule has 0 unspecified atom stereocenters. The molecule has 1 heterocycles. The Kier molecular flexibility index (Phi) is 8.36. The van der Waals surface area contributed by atoms with Gasteiger partial charge in [-0.25, -0.2) is 0 Å². The third-order valence-electron chi connectivity index (χ3n) is 2.65. The van der Waals surface area contributed by atoms with Crippen molar-refractivity contribution in [2.75, 3.05) is 26.2 Å². The van der Waals surface area contributed by atoms with E-state index in [9.17, 15) is 4.79 Å². The number of aryl methyl sites for hydroxylation is 2. The van der Waals surface area contributed by atoms with Crippen LogP contribution in [0.4, 0.5) is 0 Å². The molecule has 0 atom stereocenters. The fourth-order valence-electron chi connectivity index (χ4n) is 1.59. The zero-order valence-electron chi connectivity index (χ0n) is 11.4. The summed E-state index contributed by atoms with van der Waals surface area (Å²) in [5.41, 5.74) is 8.08. The van der Waals surface area contributed by atoms with E-state index in [2.05, 4.69) is 23.7 Å². The summed E-state index contributed by atoms with van der Waals surface area (Å²) in [5, 5.41) is 0. The third kappa shape index (κ3) is 6.24. The molecule has 98 valence electrons. The third-order valence-corrected chi connectivity index (χ3v) is 2.65. The monoisotopic (exact) mass is 239 g/mol. The smallest absolute Gasteiger partial charge is 0.166 e. The van der Waals surface area contributed by atoms with Crippen molar-refractivity contribution in [3.63, 3.8) is 0 Å². The predicted octanol–water partition coefficient (Wildman–Crippen LogP) is 1.73. The van der Waals surface area contributed by atoms with Gasteiger partial charge in [-0.3, -0.25) is 4.79 Å². The topological polar surface area (TPSA) is 62.1 Å². The minimum Gasteiger partial charge on any atom is -0.356 e. The average molecular weight is 239 g/mol. The predicted molar refractivity (Wildman–Crippen MR) is 72.5 cm³/mol. The van der Waals surface area contributed by atoms with Gasteiger partial charge in [-0.15, -0.1) is 0 Å². The van der Waals surface area contributed by atoms with Gasteiger partial charge < -0.3 is 15.6 Å². The van der Waals surface area contributed by atoms with Gasteiger partial charge in [-0.05, 0) is 38.6 Å². The first-order valence-corrected chi connectivity index (χ1v) is 6.12. The zero-order chi connectivity index (χ0) is 13.3. The number of rotatable bonds is 5. The number of nitrogens with one attached hydrogen (secondary N) is 1. The number of hydrogen-bond acceptors (Lipinski definition) is 3. The fraction of sp³-hybridized carbons (Fsp3) is 0.615. The summed E-state index contributed by atoms with van der Waals surface area (Å²) in [6.45, 7) is 12.2. The van der Waals surface area contributed by atoms with Gasteiger partial charge in [0.1, 0.15) is 0 Å². The van der Waals surface area contributed by atoms with E-state index in [0.717, 1.165) is 43.7 Å². The highest BCUT2D eigenvalue weighted by Gasteiger charge is 1.97. The summed E-state index contributed by atoms with van der Waals surface area (Å²) >= 11 is 0. The second-order valence-electron chi connectivity index (χ2n) is 3.98. The van der Waals surface area contributed by atoms with Crippen LogP contribution < -0.4 is 5.73 Å². The molecular formula is C13H25N3O. The number of aldehydes is 1. The Balaban J connectivity index is 0.000000304. The van der Waals surface area contributed by atoms with E-state index in [1.807, 2.05) is 19.9 Å². The van der Waals surface area contributed by atoms with Crippen LogP contribution in [0.5, 0.6) is 0 Å². The molecule has 0 saturated heterocycles. The highest BCUT2D eigenvalue weighted by Crippen LogP contribution is 2.04. The number of nitrogens with two attached hydrogens (primary N) is 1. The van der Waals surface area contributed by atoms with Crippen molar-refractivity contribution in [2.45, 2.75) is 27.7 Å². The Bertz CT molecular complexity index is 316. The quantitative estimate of drug-likeness (QED) is 0.769. The molecular weight excluding hydrogens is 214 g/mol. The minimum atomic E-state index is 0.688. The SMILES string of the molecule is CCN(CC)CCN.Cc1cc(C)c(C=O)[nH]1. The van der Waals surface area contributed by atoms with Crippen molar-refractivity contribution in [2.24, 2.45) is 5.73 Å². The van der Waals surface area contributed by atoms with E-state index in [0.29, 0.717) is 5.69 Å². The Labute approximate surface area is 104 Å². The molecule has 3 N–H and O–H groups in total. The molecule has 1 aromatic rings. The van der Waals surface area contributed by atoms with E-state index < -0.39 is 0 Å². The number of aromatic nitrogens is 1. The summed E-state index contributed by atoms with van der Waals surface area (Å²) in [5.74, 6) is 0. The molecule has 0 saturated carbocycles. The first-order chi connectivity index (χ1) is 8.08. The van der Waals surface area contributed by atoms with E-state index in [-0.39, 0.29) is 0 Å². The first kappa shape index (κ1) is 15.9. The van der Waals surface area contributed by atoms with E-state index >= 15 is 0 Å². The Morgan fingerprint density at radius 1 is 1.35 bits per heavy atom. The Hall–Kier alpha value is -1.13. The maximum atomic E-state index is 10.2. The number of H-pyrrole nitrogens is 1. The van der Waals surface area contributed by atoms with Gasteiger partial charge in [0.15, 0.2) is 6.29 Å². The van der Waals surface area contributed by atoms with Crippen LogP contribution in [0.1, 0.15) is 35.6 Å². The van der Waals surface area contributed by atoms with Crippen molar-refractivity contribution >= 4 is 6.29 Å². The van der Waals surface area contributed by atoms with Crippen molar-refractivity contribution in [1.29, 1.82) is 0 Å². The standard InChI is InChI=1S/C7H9NO.C6H16N2/c1-5-3-6(2)8-7(5)4-9;1-3-8(4-2)6-5-7/h3-4,8H,1-2H3;3-7H2,1-2H3. The van der Waals surface area contributed by atoms with Gasteiger partial charge in [0.25, 0.3) is 0 Å². The molecule has 0 aliphatic carbocycles. The second kappa shape index (κ2) is 8.96. The summed E-state index contributed by atoms with van der Waals surface area (Å²) in [6.07, 6.45) is 0.836. The van der Waals surface area contributed by atoms with Crippen LogP contribution in [0, 0.1) is 13.8 Å². The first-order valence-electron chi connectivity index (χ1n) is 6.12. The summed E-state index contributed by atoms with van der Waals surface area (Å²) < 4.78 is 0. The highest BCUT2D eigenvalue weighted by atomic mass is 16.1. The lowest BCUT2D eigenvalue weighted by molar-refractivity contribution is 0.111. The minimum absolute atomic E-state index is 0.688. The molecule has 0 amide bonds. The number of hydrogen-bond donors (Lipinski definition) is 2. The molecule has 0 bridgehead atoms. The summed E-state index contributed by atoms with van der Waals surface area (Å²) in [6, 6.07) is 1.95. The molecule has 1 rings (SSSR count). The van der Waals surface area contributed by atoms with Gasteiger partial charge in [0, 0.05) is 18.8 Å². The maximum Gasteiger partial charge on any atom is 0.166 e. The molecule has 1 aromatic heterocycles. The van der Waals surface area contributed by atoms with E-state index in [1.54, 1.807) is 0 Å². The zero-order valence-corrected chi connectivity index (χ0v) is 11.4. The molecule has 4 nitrogen and oxygen atoms in total. The molecule has 0 aliphatic rings. The molecule has 0 radical (unpaired) electrons. The van der Waals surface area contributed by atoms with Crippen molar-refractivity contribution in [1.82, 2.24) is 9.88 Å². The number of aromatic amines is 1. The lowest BCUT2D eigenvalue weighted by Crippen LogP contribution is -2.28. The number of nitrogens with zero attached hydrogens (tertiary/aromatic N) is 1. The lowest BCUT2D eigenvalue weighted by atomic mass is 10.3.